The molecule has 0 aliphatic carbocycles. The Labute approximate surface area is 165 Å². The average molecular weight is 368 g/mol. The van der Waals surface area contributed by atoms with Gasteiger partial charge in [0.2, 0.25) is 5.88 Å². The molecule has 0 aliphatic rings. The van der Waals surface area contributed by atoms with Gasteiger partial charge < -0.3 is 10.4 Å². The number of aromatic nitrogens is 1. The highest BCUT2D eigenvalue weighted by atomic mass is 16.3. The maximum atomic E-state index is 11.0. The highest BCUT2D eigenvalue weighted by Crippen LogP contribution is 2.38. The third-order valence-electron chi connectivity index (χ3n) is 4.91. The van der Waals surface area contributed by atoms with Crippen molar-refractivity contribution in [2.75, 3.05) is 5.32 Å². The van der Waals surface area contributed by atoms with Gasteiger partial charge in [-0.05, 0) is 47.4 Å². The molecule has 3 heteroatoms. The highest BCUT2D eigenvalue weighted by molar-refractivity contribution is 5.77. The largest absolute Gasteiger partial charge is 0.493 e. The maximum absolute atomic E-state index is 11.0. The first-order valence-corrected chi connectivity index (χ1v) is 9.56. The second-order valence-corrected chi connectivity index (χ2v) is 7.21. The van der Waals surface area contributed by atoms with Crippen molar-refractivity contribution >= 4 is 11.4 Å². The van der Waals surface area contributed by atoms with Crippen molar-refractivity contribution in [3.05, 3.63) is 96.6 Å². The van der Waals surface area contributed by atoms with E-state index in [-0.39, 0.29) is 5.88 Å². The molecule has 0 saturated carbocycles. The standard InChI is InChI=1S/C25H24N2O/c1-18(2)19-13-15-20(16-14-19)24-17-23(26-21-9-5-3-6-10-21)25(28)27(24)22-11-7-4-8-12-22/h3-18,26,28H,1-2H3. The van der Waals surface area contributed by atoms with E-state index in [0.717, 1.165) is 22.6 Å². The van der Waals surface area contributed by atoms with Gasteiger partial charge in [0.15, 0.2) is 0 Å². The molecule has 0 aliphatic heterocycles. The second kappa shape index (κ2) is 7.65. The lowest BCUT2D eigenvalue weighted by Gasteiger charge is -2.12. The average Bonchev–Trinajstić information content (AvgIpc) is 3.05. The molecule has 0 saturated heterocycles. The number of benzene rings is 3. The lowest BCUT2D eigenvalue weighted by Crippen LogP contribution is -1.97. The number of hydrogen-bond acceptors (Lipinski definition) is 2. The second-order valence-electron chi connectivity index (χ2n) is 7.21. The van der Waals surface area contributed by atoms with Crippen LogP contribution in [0.15, 0.2) is 91.0 Å². The fourth-order valence-electron chi connectivity index (χ4n) is 3.36. The lowest BCUT2D eigenvalue weighted by atomic mass is 10.0. The first-order chi connectivity index (χ1) is 13.6. The molecule has 0 amide bonds. The molecule has 1 heterocycles. The molecule has 1 aromatic heterocycles. The molecular formula is C25H24N2O. The summed E-state index contributed by atoms with van der Waals surface area (Å²) in [5, 5.41) is 14.4. The van der Waals surface area contributed by atoms with Crippen LogP contribution in [0.1, 0.15) is 25.3 Å². The summed E-state index contributed by atoms with van der Waals surface area (Å²) < 4.78 is 1.88. The summed E-state index contributed by atoms with van der Waals surface area (Å²) in [7, 11) is 0. The van der Waals surface area contributed by atoms with Gasteiger partial charge in [-0.1, -0.05) is 74.5 Å². The quantitative estimate of drug-likeness (QED) is 0.410. The zero-order valence-corrected chi connectivity index (χ0v) is 16.1. The zero-order chi connectivity index (χ0) is 19.5. The molecule has 4 rings (SSSR count). The van der Waals surface area contributed by atoms with Crippen molar-refractivity contribution in [2.45, 2.75) is 19.8 Å². The summed E-state index contributed by atoms with van der Waals surface area (Å²) in [6.07, 6.45) is 0. The van der Waals surface area contributed by atoms with Crippen LogP contribution in [0, 0.1) is 0 Å². The molecule has 0 spiro atoms. The van der Waals surface area contributed by atoms with Crippen LogP contribution in [-0.4, -0.2) is 9.67 Å². The Balaban J connectivity index is 1.83. The van der Waals surface area contributed by atoms with Crippen molar-refractivity contribution in [1.82, 2.24) is 4.57 Å². The van der Waals surface area contributed by atoms with E-state index in [4.69, 9.17) is 0 Å². The minimum Gasteiger partial charge on any atom is -0.493 e. The Morgan fingerprint density at radius 3 is 2.00 bits per heavy atom. The Bertz CT molecular complexity index is 1050. The van der Waals surface area contributed by atoms with Crippen LogP contribution in [0.5, 0.6) is 5.88 Å². The molecule has 0 atom stereocenters. The summed E-state index contributed by atoms with van der Waals surface area (Å²) in [6.45, 7) is 4.38. The van der Waals surface area contributed by atoms with Crippen LogP contribution in [0.3, 0.4) is 0 Å². The van der Waals surface area contributed by atoms with Crippen LogP contribution in [0.25, 0.3) is 16.9 Å². The molecule has 2 N–H and O–H groups in total. The summed E-state index contributed by atoms with van der Waals surface area (Å²) >= 11 is 0. The normalized spacial score (nSPS) is 11.0. The third kappa shape index (κ3) is 3.52. The summed E-state index contributed by atoms with van der Waals surface area (Å²) in [4.78, 5) is 0. The van der Waals surface area contributed by atoms with E-state index in [1.807, 2.05) is 71.3 Å². The van der Waals surface area contributed by atoms with Crippen molar-refractivity contribution in [1.29, 1.82) is 0 Å². The van der Waals surface area contributed by atoms with E-state index in [1.165, 1.54) is 5.56 Å². The lowest BCUT2D eigenvalue weighted by molar-refractivity contribution is 0.446. The molecule has 0 fully saturated rings. The minimum absolute atomic E-state index is 0.193. The summed E-state index contributed by atoms with van der Waals surface area (Å²) in [5.74, 6) is 0.677. The molecular weight excluding hydrogens is 344 g/mol. The number of aromatic hydroxyl groups is 1. The Hall–Kier alpha value is -3.46. The Morgan fingerprint density at radius 2 is 1.39 bits per heavy atom. The van der Waals surface area contributed by atoms with E-state index >= 15 is 0 Å². The molecule has 140 valence electrons. The number of nitrogens with one attached hydrogen (secondary N) is 1. The number of rotatable bonds is 5. The first-order valence-electron chi connectivity index (χ1n) is 9.56. The Morgan fingerprint density at radius 1 is 0.786 bits per heavy atom. The number of hydrogen-bond donors (Lipinski definition) is 2. The monoisotopic (exact) mass is 368 g/mol. The molecule has 28 heavy (non-hydrogen) atoms. The predicted octanol–water partition coefficient (Wildman–Crippen LogP) is 6.72. The van der Waals surface area contributed by atoms with Crippen molar-refractivity contribution in [3.63, 3.8) is 0 Å². The van der Waals surface area contributed by atoms with Crippen molar-refractivity contribution in [2.24, 2.45) is 0 Å². The highest BCUT2D eigenvalue weighted by Gasteiger charge is 2.17. The maximum Gasteiger partial charge on any atom is 0.220 e. The number of nitrogens with zero attached hydrogens (tertiary/aromatic N) is 1. The van der Waals surface area contributed by atoms with Crippen molar-refractivity contribution < 1.29 is 5.11 Å². The van der Waals surface area contributed by atoms with Gasteiger partial charge in [0.25, 0.3) is 0 Å². The van der Waals surface area contributed by atoms with Gasteiger partial charge >= 0.3 is 0 Å². The van der Waals surface area contributed by atoms with Gasteiger partial charge in [-0.25, -0.2) is 0 Å². The molecule has 3 aromatic carbocycles. The van der Waals surface area contributed by atoms with Crippen LogP contribution in [0.2, 0.25) is 0 Å². The molecule has 3 nitrogen and oxygen atoms in total. The van der Waals surface area contributed by atoms with E-state index < -0.39 is 0 Å². The van der Waals surface area contributed by atoms with Crippen LogP contribution in [-0.2, 0) is 0 Å². The van der Waals surface area contributed by atoms with Gasteiger partial charge in [0.05, 0.1) is 5.69 Å². The molecule has 0 radical (unpaired) electrons. The van der Waals surface area contributed by atoms with Gasteiger partial charge in [0, 0.05) is 11.4 Å². The van der Waals surface area contributed by atoms with Gasteiger partial charge in [-0.2, -0.15) is 0 Å². The Kier molecular flexibility index (Phi) is 4.90. The van der Waals surface area contributed by atoms with Gasteiger partial charge in [-0.15, -0.1) is 0 Å². The van der Waals surface area contributed by atoms with Crippen LogP contribution >= 0.6 is 0 Å². The smallest absolute Gasteiger partial charge is 0.220 e. The van der Waals surface area contributed by atoms with E-state index in [2.05, 4.69) is 43.4 Å². The number of para-hydroxylation sites is 2. The van der Waals surface area contributed by atoms with Gasteiger partial charge in [0.1, 0.15) is 5.69 Å². The van der Waals surface area contributed by atoms with E-state index in [1.54, 1.807) is 0 Å². The minimum atomic E-state index is 0.193. The van der Waals surface area contributed by atoms with Crippen LogP contribution < -0.4 is 5.32 Å². The van der Waals surface area contributed by atoms with E-state index in [9.17, 15) is 5.11 Å². The summed E-state index contributed by atoms with van der Waals surface area (Å²) in [5.41, 5.74) is 5.84. The van der Waals surface area contributed by atoms with Gasteiger partial charge in [-0.3, -0.25) is 4.57 Å². The molecule has 0 unspecified atom stereocenters. The van der Waals surface area contributed by atoms with E-state index in [0.29, 0.717) is 11.6 Å². The molecule has 0 bridgehead atoms. The fraction of sp³-hybridized carbons (Fsp3) is 0.120. The third-order valence-corrected chi connectivity index (χ3v) is 4.91. The zero-order valence-electron chi connectivity index (χ0n) is 16.1. The first kappa shape index (κ1) is 17.9. The fourth-order valence-corrected chi connectivity index (χ4v) is 3.36. The topological polar surface area (TPSA) is 37.2 Å². The van der Waals surface area contributed by atoms with Crippen molar-refractivity contribution in [3.8, 4) is 22.8 Å². The predicted molar refractivity (Wildman–Crippen MR) is 117 cm³/mol. The number of anilines is 2. The summed E-state index contributed by atoms with van der Waals surface area (Å²) in [6, 6.07) is 30.4. The SMILES string of the molecule is CC(C)c1ccc(-c2cc(Nc3ccccc3)c(O)n2-c2ccccc2)cc1. The van der Waals surface area contributed by atoms with Crippen LogP contribution in [0.4, 0.5) is 11.4 Å². The molecule has 4 aromatic rings.